The second-order valence-corrected chi connectivity index (χ2v) is 4.51. The zero-order valence-corrected chi connectivity index (χ0v) is 11.5. The highest BCUT2D eigenvalue weighted by molar-refractivity contribution is 5.86. The number of halogens is 3. The van der Waals surface area contributed by atoms with Crippen LogP contribution in [0.4, 0.5) is 13.2 Å². The van der Waals surface area contributed by atoms with Crippen LogP contribution in [-0.2, 0) is 17.8 Å². The van der Waals surface area contributed by atoms with Crippen molar-refractivity contribution in [2.45, 2.75) is 13.0 Å². The Bertz CT molecular complexity index is 801. The van der Waals surface area contributed by atoms with Gasteiger partial charge in [-0.05, 0) is 6.07 Å². The average Bonchev–Trinajstić information content (AvgIpc) is 2.45. The summed E-state index contributed by atoms with van der Waals surface area (Å²) in [7, 11) is 1.07. The smallest absolute Gasteiger partial charge is 0.309 e. The summed E-state index contributed by atoms with van der Waals surface area (Å²) in [4.78, 5) is 22.9. The normalized spacial score (nSPS) is 10.9. The second-order valence-electron chi connectivity index (χ2n) is 4.51. The van der Waals surface area contributed by atoms with Crippen molar-refractivity contribution in [3.63, 3.8) is 0 Å². The van der Waals surface area contributed by atoms with E-state index in [0.29, 0.717) is 6.07 Å². The zero-order chi connectivity index (χ0) is 16.4. The molecule has 0 atom stereocenters. The fourth-order valence-electron chi connectivity index (χ4n) is 2.33. The maximum atomic E-state index is 13.9. The molecular formula is C14H12F3NO4. The number of pyridine rings is 1. The van der Waals surface area contributed by atoms with Gasteiger partial charge in [-0.25, -0.2) is 8.78 Å². The third-order valence-corrected chi connectivity index (χ3v) is 3.17. The third-order valence-electron chi connectivity index (χ3n) is 3.17. The molecule has 0 fully saturated rings. The van der Waals surface area contributed by atoms with E-state index in [2.05, 4.69) is 0 Å². The van der Waals surface area contributed by atoms with Gasteiger partial charge in [0.25, 0.3) is 0 Å². The van der Waals surface area contributed by atoms with Crippen LogP contribution in [-0.4, -0.2) is 29.4 Å². The maximum Gasteiger partial charge on any atom is 0.309 e. The molecule has 1 N–H and O–H groups in total. The quantitative estimate of drug-likeness (QED) is 0.915. The number of aryl methyl sites for hydroxylation is 1. The fourth-order valence-corrected chi connectivity index (χ4v) is 2.33. The molecule has 1 heterocycles. The van der Waals surface area contributed by atoms with Gasteiger partial charge >= 0.3 is 5.97 Å². The molecule has 1 aromatic carbocycles. The van der Waals surface area contributed by atoms with E-state index in [4.69, 9.17) is 9.84 Å². The predicted octanol–water partition coefficient (Wildman–Crippen LogP) is 1.88. The lowest BCUT2D eigenvalue weighted by Crippen LogP contribution is -2.19. The molecule has 0 radical (unpaired) electrons. The molecule has 0 aliphatic heterocycles. The molecule has 0 saturated heterocycles. The van der Waals surface area contributed by atoms with E-state index in [1.807, 2.05) is 0 Å². The molecule has 0 aliphatic carbocycles. The minimum atomic E-state index is -1.32. The SMILES string of the molecule is COc1c(F)c(F)cc2c(=O)cc(CC(=O)O)n(CCF)c12. The van der Waals surface area contributed by atoms with Crippen LogP contribution in [0, 0.1) is 11.6 Å². The number of fused-ring (bicyclic) bond motifs is 1. The molecule has 0 saturated carbocycles. The fraction of sp³-hybridized carbons (Fsp3) is 0.286. The van der Waals surface area contributed by atoms with Crippen molar-refractivity contribution >= 4 is 16.9 Å². The molecule has 2 rings (SSSR count). The van der Waals surface area contributed by atoms with E-state index in [1.54, 1.807) is 0 Å². The first kappa shape index (κ1) is 15.9. The Labute approximate surface area is 122 Å². The Balaban J connectivity index is 2.96. The number of carboxylic acid groups (broad SMARTS) is 1. The van der Waals surface area contributed by atoms with Crippen LogP contribution in [0.3, 0.4) is 0 Å². The van der Waals surface area contributed by atoms with E-state index < -0.39 is 41.9 Å². The summed E-state index contributed by atoms with van der Waals surface area (Å²) in [6.07, 6.45) is -0.562. The molecule has 22 heavy (non-hydrogen) atoms. The second kappa shape index (κ2) is 6.08. The number of aliphatic carboxylic acids is 1. The van der Waals surface area contributed by atoms with Gasteiger partial charge in [-0.15, -0.1) is 0 Å². The van der Waals surface area contributed by atoms with Crippen LogP contribution in [0.5, 0.6) is 5.75 Å². The number of benzene rings is 1. The highest BCUT2D eigenvalue weighted by Gasteiger charge is 2.21. The van der Waals surface area contributed by atoms with Gasteiger partial charge in [-0.1, -0.05) is 0 Å². The van der Waals surface area contributed by atoms with Crippen molar-refractivity contribution in [1.82, 2.24) is 4.57 Å². The van der Waals surface area contributed by atoms with Crippen LogP contribution < -0.4 is 10.2 Å². The van der Waals surface area contributed by atoms with Gasteiger partial charge in [0.15, 0.2) is 17.0 Å². The van der Waals surface area contributed by atoms with Crippen molar-refractivity contribution in [3.05, 3.63) is 39.7 Å². The number of carboxylic acids is 1. The van der Waals surface area contributed by atoms with Crippen molar-refractivity contribution in [2.75, 3.05) is 13.8 Å². The van der Waals surface area contributed by atoms with Gasteiger partial charge in [0.2, 0.25) is 5.82 Å². The van der Waals surface area contributed by atoms with Crippen LogP contribution >= 0.6 is 0 Å². The number of rotatable bonds is 5. The van der Waals surface area contributed by atoms with Gasteiger partial charge in [-0.3, -0.25) is 9.59 Å². The molecule has 0 aliphatic rings. The largest absolute Gasteiger partial charge is 0.491 e. The Morgan fingerprint density at radius 2 is 2.05 bits per heavy atom. The van der Waals surface area contributed by atoms with Gasteiger partial charge in [0.05, 0.1) is 31.0 Å². The van der Waals surface area contributed by atoms with Gasteiger partial charge in [0.1, 0.15) is 6.67 Å². The summed E-state index contributed by atoms with van der Waals surface area (Å²) in [6, 6.07) is 1.66. The van der Waals surface area contributed by atoms with Crippen molar-refractivity contribution in [1.29, 1.82) is 0 Å². The van der Waals surface area contributed by atoms with E-state index in [1.165, 1.54) is 0 Å². The Hall–Kier alpha value is -2.51. The number of carbonyl (C=O) groups is 1. The average molecular weight is 315 g/mol. The van der Waals surface area contributed by atoms with Crippen molar-refractivity contribution in [3.8, 4) is 5.75 Å². The number of hydrogen-bond acceptors (Lipinski definition) is 3. The highest BCUT2D eigenvalue weighted by atomic mass is 19.2. The molecule has 0 bridgehead atoms. The van der Waals surface area contributed by atoms with Crippen molar-refractivity contribution < 1.29 is 27.8 Å². The minimum Gasteiger partial charge on any atom is -0.491 e. The van der Waals surface area contributed by atoms with E-state index in [0.717, 1.165) is 17.7 Å². The summed E-state index contributed by atoms with van der Waals surface area (Å²) < 4.78 is 46.1. The summed E-state index contributed by atoms with van der Waals surface area (Å²) in [5.74, 6) is -4.41. The molecule has 0 amide bonds. The van der Waals surface area contributed by atoms with Crippen LogP contribution in [0.15, 0.2) is 16.9 Å². The molecule has 0 spiro atoms. The number of nitrogens with zero attached hydrogens (tertiary/aromatic N) is 1. The Morgan fingerprint density at radius 3 is 2.59 bits per heavy atom. The lowest BCUT2D eigenvalue weighted by molar-refractivity contribution is -0.136. The molecule has 118 valence electrons. The van der Waals surface area contributed by atoms with E-state index in [-0.39, 0.29) is 23.1 Å². The van der Waals surface area contributed by atoms with Gasteiger partial charge < -0.3 is 14.4 Å². The van der Waals surface area contributed by atoms with Crippen LogP contribution in [0.25, 0.3) is 10.9 Å². The van der Waals surface area contributed by atoms with Crippen LogP contribution in [0.1, 0.15) is 5.69 Å². The minimum absolute atomic E-state index is 0.0213. The molecule has 2 aromatic rings. The standard InChI is InChI=1S/C14H12F3NO4/c1-22-14-12(17)9(16)6-8-10(19)4-7(5-11(20)21)18(3-2-15)13(8)14/h4,6H,2-3,5H2,1H3,(H,20,21). The van der Waals surface area contributed by atoms with Crippen molar-refractivity contribution in [2.24, 2.45) is 0 Å². The number of methoxy groups -OCH3 is 1. The number of ether oxygens (including phenoxy) is 1. The monoisotopic (exact) mass is 315 g/mol. The third kappa shape index (κ3) is 2.63. The summed E-state index contributed by atoms with van der Waals surface area (Å²) in [6.45, 7) is -1.20. The summed E-state index contributed by atoms with van der Waals surface area (Å²) >= 11 is 0. The predicted molar refractivity (Wildman–Crippen MR) is 72.0 cm³/mol. The Kier molecular flexibility index (Phi) is 4.39. The van der Waals surface area contributed by atoms with Gasteiger partial charge in [-0.2, -0.15) is 4.39 Å². The lowest BCUT2D eigenvalue weighted by atomic mass is 10.1. The molecule has 0 unspecified atom stereocenters. The van der Waals surface area contributed by atoms with E-state index >= 15 is 0 Å². The zero-order valence-electron chi connectivity index (χ0n) is 11.5. The molecule has 5 nitrogen and oxygen atoms in total. The summed E-state index contributed by atoms with van der Waals surface area (Å²) in [5, 5.41) is 8.66. The Morgan fingerprint density at radius 1 is 1.36 bits per heavy atom. The van der Waals surface area contributed by atoms with E-state index in [9.17, 15) is 22.8 Å². The number of aromatic nitrogens is 1. The van der Waals surface area contributed by atoms with Crippen LogP contribution in [0.2, 0.25) is 0 Å². The topological polar surface area (TPSA) is 68.5 Å². The first-order valence-corrected chi connectivity index (χ1v) is 6.26. The number of alkyl halides is 1. The number of hydrogen-bond donors (Lipinski definition) is 1. The molecule has 1 aromatic heterocycles. The highest BCUT2D eigenvalue weighted by Crippen LogP contribution is 2.30. The van der Waals surface area contributed by atoms with Gasteiger partial charge in [0, 0.05) is 11.8 Å². The molecular weight excluding hydrogens is 303 g/mol. The first-order valence-electron chi connectivity index (χ1n) is 6.26. The summed E-state index contributed by atoms with van der Waals surface area (Å²) in [5.41, 5.74) is -0.881. The molecule has 8 heteroatoms. The maximum absolute atomic E-state index is 13.9. The lowest BCUT2D eigenvalue weighted by Gasteiger charge is -2.17. The first-order chi connectivity index (χ1) is 10.4.